The first-order valence-electron chi connectivity index (χ1n) is 6.29. The zero-order valence-electron chi connectivity index (χ0n) is 9.60. The molecule has 3 heteroatoms. The van der Waals surface area contributed by atoms with E-state index in [0.29, 0.717) is 0 Å². The van der Waals surface area contributed by atoms with Crippen molar-refractivity contribution in [1.82, 2.24) is 10.3 Å². The molecule has 0 spiro atoms. The van der Waals surface area contributed by atoms with Crippen molar-refractivity contribution in [2.24, 2.45) is 11.8 Å². The van der Waals surface area contributed by atoms with E-state index in [2.05, 4.69) is 27.3 Å². The molecule has 3 rings (SSSR count). The van der Waals surface area contributed by atoms with Crippen LogP contribution in [0.3, 0.4) is 0 Å². The number of nitrogens with one attached hydrogen (secondary N) is 1. The molecule has 86 valence electrons. The second kappa shape index (κ2) is 4.42. The first kappa shape index (κ1) is 10.1. The molecule has 0 aliphatic carbocycles. The molecular formula is C13H19N3. The lowest BCUT2D eigenvalue weighted by atomic mass is 9.92. The molecule has 2 unspecified atom stereocenters. The lowest BCUT2D eigenvalue weighted by Crippen LogP contribution is -2.25. The molecule has 3 heterocycles. The minimum absolute atomic E-state index is 0.909. The molecule has 2 aliphatic heterocycles. The molecule has 0 saturated carbocycles. The quantitative estimate of drug-likeness (QED) is 0.773. The van der Waals surface area contributed by atoms with E-state index in [9.17, 15) is 0 Å². The summed E-state index contributed by atoms with van der Waals surface area (Å²) in [7, 11) is 0. The van der Waals surface area contributed by atoms with Crippen molar-refractivity contribution in [3.63, 3.8) is 0 Å². The highest BCUT2D eigenvalue weighted by Crippen LogP contribution is 2.28. The highest BCUT2D eigenvalue weighted by Gasteiger charge is 2.29. The third kappa shape index (κ3) is 1.92. The Labute approximate surface area is 96.9 Å². The summed E-state index contributed by atoms with van der Waals surface area (Å²) in [4.78, 5) is 6.60. The van der Waals surface area contributed by atoms with Crippen molar-refractivity contribution < 1.29 is 0 Å². The number of hydrogen-bond donors (Lipinski definition) is 1. The van der Waals surface area contributed by atoms with Gasteiger partial charge < -0.3 is 10.2 Å². The van der Waals surface area contributed by atoms with Gasteiger partial charge >= 0.3 is 0 Å². The monoisotopic (exact) mass is 217 g/mol. The molecule has 0 radical (unpaired) electrons. The van der Waals surface area contributed by atoms with Crippen molar-refractivity contribution in [3.05, 3.63) is 24.5 Å². The number of pyridine rings is 1. The van der Waals surface area contributed by atoms with Gasteiger partial charge in [-0.2, -0.15) is 0 Å². The topological polar surface area (TPSA) is 28.2 Å². The predicted molar refractivity (Wildman–Crippen MR) is 65.5 cm³/mol. The van der Waals surface area contributed by atoms with Gasteiger partial charge in [0.15, 0.2) is 0 Å². The highest BCUT2D eigenvalue weighted by molar-refractivity contribution is 5.44. The highest BCUT2D eigenvalue weighted by atomic mass is 15.1. The molecule has 16 heavy (non-hydrogen) atoms. The van der Waals surface area contributed by atoms with Crippen molar-refractivity contribution in [1.29, 1.82) is 0 Å². The van der Waals surface area contributed by atoms with Gasteiger partial charge in [0.25, 0.3) is 0 Å². The van der Waals surface area contributed by atoms with Gasteiger partial charge in [-0.05, 0) is 49.9 Å². The third-order valence-corrected chi connectivity index (χ3v) is 4.05. The average Bonchev–Trinajstić information content (AvgIpc) is 2.70. The number of fused-ring (bicyclic) bond motifs is 1. The van der Waals surface area contributed by atoms with Crippen LogP contribution in [-0.4, -0.2) is 31.2 Å². The van der Waals surface area contributed by atoms with Crippen LogP contribution in [0, 0.1) is 11.8 Å². The lowest BCUT2D eigenvalue weighted by Gasteiger charge is -2.22. The molecule has 2 atom stereocenters. The molecule has 1 N–H and O–H groups in total. The Morgan fingerprint density at radius 3 is 2.31 bits per heavy atom. The SMILES string of the molecule is c1cc(N2CCC3CNCC3CC2)ccn1. The Bertz CT molecular complexity index is 324. The summed E-state index contributed by atoms with van der Waals surface area (Å²) in [6.45, 7) is 4.86. The van der Waals surface area contributed by atoms with Gasteiger partial charge in [0.2, 0.25) is 0 Å². The summed E-state index contributed by atoms with van der Waals surface area (Å²) in [5.41, 5.74) is 1.34. The number of hydrogen-bond acceptors (Lipinski definition) is 3. The molecule has 1 aromatic heterocycles. The number of anilines is 1. The van der Waals surface area contributed by atoms with Crippen LogP contribution in [0.25, 0.3) is 0 Å². The molecule has 3 nitrogen and oxygen atoms in total. The molecular weight excluding hydrogens is 198 g/mol. The van der Waals surface area contributed by atoms with E-state index in [1.807, 2.05) is 12.4 Å². The largest absolute Gasteiger partial charge is 0.371 e. The average molecular weight is 217 g/mol. The van der Waals surface area contributed by atoms with Crippen LogP contribution in [0.15, 0.2) is 24.5 Å². The zero-order chi connectivity index (χ0) is 10.8. The van der Waals surface area contributed by atoms with Crippen LogP contribution in [-0.2, 0) is 0 Å². The standard InChI is InChI=1S/C13H19N3/c1-5-14-6-2-13(1)16-7-3-11-9-15-10-12(11)4-8-16/h1-2,5-6,11-12,15H,3-4,7-10H2. The fourth-order valence-electron chi connectivity index (χ4n) is 3.03. The van der Waals surface area contributed by atoms with E-state index in [1.165, 1.54) is 44.7 Å². The maximum Gasteiger partial charge on any atom is 0.0397 e. The molecule has 0 aromatic carbocycles. The minimum Gasteiger partial charge on any atom is -0.371 e. The Hall–Kier alpha value is -1.09. The van der Waals surface area contributed by atoms with Crippen LogP contribution < -0.4 is 10.2 Å². The van der Waals surface area contributed by atoms with Gasteiger partial charge in [0.05, 0.1) is 0 Å². The van der Waals surface area contributed by atoms with E-state index in [-0.39, 0.29) is 0 Å². The van der Waals surface area contributed by atoms with E-state index in [4.69, 9.17) is 0 Å². The van der Waals surface area contributed by atoms with Gasteiger partial charge in [0, 0.05) is 31.2 Å². The third-order valence-electron chi connectivity index (χ3n) is 4.05. The summed E-state index contributed by atoms with van der Waals surface area (Å²) in [5.74, 6) is 1.82. The first-order valence-corrected chi connectivity index (χ1v) is 6.29. The fourth-order valence-corrected chi connectivity index (χ4v) is 3.03. The van der Waals surface area contributed by atoms with Crippen LogP contribution in [0.4, 0.5) is 5.69 Å². The lowest BCUT2D eigenvalue weighted by molar-refractivity contribution is 0.409. The number of rotatable bonds is 1. The Kier molecular flexibility index (Phi) is 2.79. The maximum atomic E-state index is 4.08. The van der Waals surface area contributed by atoms with Crippen molar-refractivity contribution >= 4 is 5.69 Å². The molecule has 2 saturated heterocycles. The van der Waals surface area contributed by atoms with Crippen molar-refractivity contribution in [2.45, 2.75) is 12.8 Å². The van der Waals surface area contributed by atoms with E-state index < -0.39 is 0 Å². The maximum absolute atomic E-state index is 4.08. The Morgan fingerprint density at radius 1 is 1.06 bits per heavy atom. The molecule has 1 aromatic rings. The normalized spacial score (nSPS) is 29.9. The summed E-state index contributed by atoms with van der Waals surface area (Å²) in [6.07, 6.45) is 6.45. The number of aromatic nitrogens is 1. The van der Waals surface area contributed by atoms with Crippen molar-refractivity contribution in [2.75, 3.05) is 31.1 Å². The Balaban J connectivity index is 1.71. The van der Waals surface area contributed by atoms with Crippen LogP contribution in [0.2, 0.25) is 0 Å². The minimum atomic E-state index is 0.909. The Morgan fingerprint density at radius 2 is 1.69 bits per heavy atom. The number of nitrogens with zero attached hydrogens (tertiary/aromatic N) is 2. The summed E-state index contributed by atoms with van der Waals surface area (Å²) in [6, 6.07) is 4.25. The summed E-state index contributed by atoms with van der Waals surface area (Å²) in [5, 5.41) is 3.52. The fraction of sp³-hybridized carbons (Fsp3) is 0.615. The van der Waals surface area contributed by atoms with Gasteiger partial charge in [0.1, 0.15) is 0 Å². The van der Waals surface area contributed by atoms with Crippen LogP contribution >= 0.6 is 0 Å². The zero-order valence-corrected chi connectivity index (χ0v) is 9.60. The van der Waals surface area contributed by atoms with Gasteiger partial charge in [-0.15, -0.1) is 0 Å². The van der Waals surface area contributed by atoms with Crippen molar-refractivity contribution in [3.8, 4) is 0 Å². The first-order chi connectivity index (χ1) is 7.93. The van der Waals surface area contributed by atoms with E-state index in [0.717, 1.165) is 11.8 Å². The second-order valence-corrected chi connectivity index (χ2v) is 4.95. The smallest absolute Gasteiger partial charge is 0.0397 e. The van der Waals surface area contributed by atoms with Gasteiger partial charge in [-0.25, -0.2) is 0 Å². The second-order valence-electron chi connectivity index (χ2n) is 4.95. The van der Waals surface area contributed by atoms with Gasteiger partial charge in [-0.1, -0.05) is 0 Å². The van der Waals surface area contributed by atoms with Crippen LogP contribution in [0.1, 0.15) is 12.8 Å². The van der Waals surface area contributed by atoms with Gasteiger partial charge in [-0.3, -0.25) is 4.98 Å². The summed E-state index contributed by atoms with van der Waals surface area (Å²) < 4.78 is 0. The van der Waals surface area contributed by atoms with Crippen LogP contribution in [0.5, 0.6) is 0 Å². The summed E-state index contributed by atoms with van der Waals surface area (Å²) >= 11 is 0. The molecule has 0 bridgehead atoms. The molecule has 2 fully saturated rings. The molecule has 2 aliphatic rings. The predicted octanol–water partition coefficient (Wildman–Crippen LogP) is 1.52. The molecule has 0 amide bonds. The van der Waals surface area contributed by atoms with E-state index in [1.54, 1.807) is 0 Å². The van der Waals surface area contributed by atoms with E-state index >= 15 is 0 Å².